The number of nitrogens with zero attached hydrogens (tertiary/aromatic N) is 1. The summed E-state index contributed by atoms with van der Waals surface area (Å²) in [7, 11) is 0. The van der Waals surface area contributed by atoms with Crippen LogP contribution in [-0.4, -0.2) is 43.1 Å². The zero-order valence-electron chi connectivity index (χ0n) is 13.6. The lowest BCUT2D eigenvalue weighted by molar-refractivity contribution is -0.123. The van der Waals surface area contributed by atoms with E-state index in [2.05, 4.69) is 17.1 Å². The van der Waals surface area contributed by atoms with Gasteiger partial charge >= 0.3 is 0 Å². The summed E-state index contributed by atoms with van der Waals surface area (Å²) in [5.74, 6) is 1.98. The fraction of sp³-hybridized carbons (Fsp3) is 0.611. The van der Waals surface area contributed by atoms with Crippen LogP contribution in [0.3, 0.4) is 0 Å². The lowest BCUT2D eigenvalue weighted by atomic mass is 10.0. The van der Waals surface area contributed by atoms with Crippen molar-refractivity contribution in [2.75, 3.05) is 26.2 Å². The Hall–Kier alpha value is -1.26. The Morgan fingerprint density at radius 3 is 2.57 bits per heavy atom. The third-order valence-corrected chi connectivity index (χ3v) is 5.12. The summed E-state index contributed by atoms with van der Waals surface area (Å²) in [5.41, 5.74) is 0. The van der Waals surface area contributed by atoms with Gasteiger partial charge in [-0.2, -0.15) is 0 Å². The van der Waals surface area contributed by atoms with Gasteiger partial charge in [0.05, 0.1) is 0 Å². The summed E-state index contributed by atoms with van der Waals surface area (Å²) in [6.07, 6.45) is 3.13. The predicted octanol–water partition coefficient (Wildman–Crippen LogP) is 2.96. The van der Waals surface area contributed by atoms with Gasteiger partial charge in [-0.1, -0.05) is 18.5 Å². The molecular formula is C18H25ClN2O2. The van der Waals surface area contributed by atoms with E-state index in [1.807, 2.05) is 24.3 Å². The fourth-order valence-electron chi connectivity index (χ4n) is 3.12. The first-order valence-electron chi connectivity index (χ1n) is 8.53. The largest absolute Gasteiger partial charge is 0.492 e. The molecule has 0 bridgehead atoms. The van der Waals surface area contributed by atoms with Crippen molar-refractivity contribution in [3.8, 4) is 5.75 Å². The van der Waals surface area contributed by atoms with Crippen molar-refractivity contribution in [2.24, 2.45) is 11.8 Å². The monoisotopic (exact) mass is 336 g/mol. The first-order chi connectivity index (χ1) is 11.1. The minimum Gasteiger partial charge on any atom is -0.492 e. The van der Waals surface area contributed by atoms with Gasteiger partial charge in [0.2, 0.25) is 5.91 Å². The van der Waals surface area contributed by atoms with Crippen LogP contribution in [0.1, 0.15) is 26.2 Å². The van der Waals surface area contributed by atoms with Crippen LogP contribution in [0.5, 0.6) is 5.75 Å². The van der Waals surface area contributed by atoms with Gasteiger partial charge in [0.1, 0.15) is 12.4 Å². The second kappa shape index (κ2) is 7.54. The highest BCUT2D eigenvalue weighted by atomic mass is 35.5. The van der Waals surface area contributed by atoms with Gasteiger partial charge in [-0.3, -0.25) is 9.69 Å². The maximum atomic E-state index is 12.0. The second-order valence-corrected chi connectivity index (χ2v) is 7.18. The summed E-state index contributed by atoms with van der Waals surface area (Å²) in [4.78, 5) is 14.4. The standard InChI is InChI=1S/C18H25ClN2O2/c1-13-12-17(13)18(22)20-15-6-8-21(9-7-15)10-11-23-16-4-2-14(19)3-5-16/h2-5,13,15,17H,6-12H2,1H3,(H,20,22)/t13-,17+/m0/s1. The first-order valence-corrected chi connectivity index (χ1v) is 8.90. The van der Waals surface area contributed by atoms with E-state index < -0.39 is 0 Å². The van der Waals surface area contributed by atoms with Gasteiger partial charge in [-0.25, -0.2) is 0 Å². The normalized spacial score (nSPS) is 25.1. The smallest absolute Gasteiger partial charge is 0.223 e. The number of carbonyl (C=O) groups excluding carboxylic acids is 1. The molecule has 1 saturated carbocycles. The van der Waals surface area contributed by atoms with E-state index in [0.29, 0.717) is 18.6 Å². The van der Waals surface area contributed by atoms with Gasteiger partial charge in [0.25, 0.3) is 0 Å². The van der Waals surface area contributed by atoms with Crippen LogP contribution in [0.2, 0.25) is 5.02 Å². The Morgan fingerprint density at radius 2 is 1.96 bits per heavy atom. The molecule has 1 N–H and O–H groups in total. The molecule has 1 aliphatic carbocycles. The van der Waals surface area contributed by atoms with Gasteiger partial charge in [0.15, 0.2) is 0 Å². The quantitative estimate of drug-likeness (QED) is 0.868. The molecule has 1 aromatic carbocycles. The molecular weight excluding hydrogens is 312 g/mol. The van der Waals surface area contributed by atoms with E-state index in [9.17, 15) is 4.79 Å². The number of hydrogen-bond donors (Lipinski definition) is 1. The zero-order chi connectivity index (χ0) is 16.2. The number of piperidine rings is 1. The number of halogens is 1. The molecule has 0 spiro atoms. The van der Waals surface area contributed by atoms with Crippen LogP contribution in [0.25, 0.3) is 0 Å². The lowest BCUT2D eigenvalue weighted by Crippen LogP contribution is -2.46. The molecule has 5 heteroatoms. The molecule has 0 unspecified atom stereocenters. The molecule has 1 saturated heterocycles. The van der Waals surface area contributed by atoms with Crippen molar-refractivity contribution in [3.05, 3.63) is 29.3 Å². The number of carbonyl (C=O) groups is 1. The average molecular weight is 337 g/mol. The Bertz CT molecular complexity index is 526. The number of ether oxygens (including phenoxy) is 1. The molecule has 23 heavy (non-hydrogen) atoms. The Balaban J connectivity index is 1.31. The van der Waals surface area contributed by atoms with E-state index in [4.69, 9.17) is 16.3 Å². The summed E-state index contributed by atoms with van der Waals surface area (Å²) in [5, 5.41) is 3.93. The van der Waals surface area contributed by atoms with E-state index >= 15 is 0 Å². The number of likely N-dealkylation sites (tertiary alicyclic amines) is 1. The summed E-state index contributed by atoms with van der Waals surface area (Å²) in [6.45, 7) is 5.79. The molecule has 2 fully saturated rings. The van der Waals surface area contributed by atoms with Crippen LogP contribution < -0.4 is 10.1 Å². The first kappa shape index (κ1) is 16.6. The molecule has 1 amide bonds. The second-order valence-electron chi connectivity index (χ2n) is 6.75. The van der Waals surface area contributed by atoms with Gasteiger partial charge in [-0.15, -0.1) is 0 Å². The molecule has 0 radical (unpaired) electrons. The number of benzene rings is 1. The van der Waals surface area contributed by atoms with E-state index in [0.717, 1.165) is 49.7 Å². The number of amides is 1. The highest BCUT2D eigenvalue weighted by molar-refractivity contribution is 6.30. The van der Waals surface area contributed by atoms with Crippen LogP contribution in [0.4, 0.5) is 0 Å². The third kappa shape index (κ3) is 4.85. The highest BCUT2D eigenvalue weighted by Crippen LogP contribution is 2.37. The number of rotatable bonds is 6. The molecule has 1 aliphatic heterocycles. The molecule has 1 heterocycles. The maximum Gasteiger partial charge on any atom is 0.223 e. The highest BCUT2D eigenvalue weighted by Gasteiger charge is 2.39. The van der Waals surface area contributed by atoms with Crippen molar-refractivity contribution in [1.82, 2.24) is 10.2 Å². The molecule has 0 aromatic heterocycles. The van der Waals surface area contributed by atoms with E-state index in [1.165, 1.54) is 0 Å². The van der Waals surface area contributed by atoms with E-state index in [1.54, 1.807) is 0 Å². The Labute approximate surface area is 143 Å². The predicted molar refractivity (Wildman–Crippen MR) is 91.8 cm³/mol. The maximum absolute atomic E-state index is 12.0. The summed E-state index contributed by atoms with van der Waals surface area (Å²) in [6, 6.07) is 7.81. The Kier molecular flexibility index (Phi) is 5.44. The number of hydrogen-bond acceptors (Lipinski definition) is 3. The molecule has 2 atom stereocenters. The van der Waals surface area contributed by atoms with Crippen LogP contribution in [0, 0.1) is 11.8 Å². The van der Waals surface area contributed by atoms with Crippen molar-refractivity contribution in [2.45, 2.75) is 32.2 Å². The lowest BCUT2D eigenvalue weighted by Gasteiger charge is -2.32. The van der Waals surface area contributed by atoms with Gasteiger partial charge < -0.3 is 10.1 Å². The van der Waals surface area contributed by atoms with Crippen molar-refractivity contribution < 1.29 is 9.53 Å². The molecule has 126 valence electrons. The minimum atomic E-state index is 0.266. The van der Waals surface area contributed by atoms with Crippen LogP contribution in [-0.2, 0) is 4.79 Å². The van der Waals surface area contributed by atoms with Crippen LogP contribution in [0.15, 0.2) is 24.3 Å². The molecule has 4 nitrogen and oxygen atoms in total. The minimum absolute atomic E-state index is 0.266. The molecule has 2 aliphatic rings. The fourth-order valence-corrected chi connectivity index (χ4v) is 3.25. The third-order valence-electron chi connectivity index (χ3n) is 4.87. The summed E-state index contributed by atoms with van der Waals surface area (Å²) < 4.78 is 5.74. The average Bonchev–Trinajstić information content (AvgIpc) is 3.28. The summed E-state index contributed by atoms with van der Waals surface area (Å²) >= 11 is 5.85. The van der Waals surface area contributed by atoms with Crippen molar-refractivity contribution in [1.29, 1.82) is 0 Å². The van der Waals surface area contributed by atoms with E-state index in [-0.39, 0.29) is 11.8 Å². The van der Waals surface area contributed by atoms with Gasteiger partial charge in [-0.05, 0) is 49.4 Å². The Morgan fingerprint density at radius 1 is 1.30 bits per heavy atom. The molecule has 1 aromatic rings. The molecule has 3 rings (SSSR count). The topological polar surface area (TPSA) is 41.6 Å². The SMILES string of the molecule is C[C@H]1C[C@H]1C(=O)NC1CCN(CCOc2ccc(Cl)cc2)CC1. The van der Waals surface area contributed by atoms with Crippen molar-refractivity contribution >= 4 is 17.5 Å². The zero-order valence-corrected chi connectivity index (χ0v) is 14.4. The van der Waals surface area contributed by atoms with Crippen molar-refractivity contribution in [3.63, 3.8) is 0 Å². The van der Waals surface area contributed by atoms with Crippen LogP contribution >= 0.6 is 11.6 Å². The number of nitrogens with one attached hydrogen (secondary N) is 1. The van der Waals surface area contributed by atoms with Gasteiger partial charge in [0, 0.05) is 36.6 Å².